The minimum absolute atomic E-state index is 0.192. The van der Waals surface area contributed by atoms with Gasteiger partial charge in [-0.3, -0.25) is 0 Å². The summed E-state index contributed by atoms with van der Waals surface area (Å²) in [5.74, 6) is 0.555. The Morgan fingerprint density at radius 1 is 1.45 bits per heavy atom. The third-order valence-corrected chi connectivity index (χ3v) is 5.20. The molecule has 1 atom stereocenters. The lowest BCUT2D eigenvalue weighted by molar-refractivity contribution is -0.191. The van der Waals surface area contributed by atoms with Crippen LogP contribution in [0.2, 0.25) is 0 Å². The Morgan fingerprint density at radius 3 is 2.95 bits per heavy atom. The molecule has 112 valence electrons. The second kappa shape index (κ2) is 6.10. The van der Waals surface area contributed by atoms with Gasteiger partial charge in [0.2, 0.25) is 0 Å². The molecule has 1 aliphatic carbocycles. The number of ether oxygens (including phenoxy) is 2. The molecule has 1 N–H and O–H groups in total. The van der Waals surface area contributed by atoms with Gasteiger partial charge >= 0.3 is 0 Å². The lowest BCUT2D eigenvalue weighted by Gasteiger charge is -2.34. The summed E-state index contributed by atoms with van der Waals surface area (Å²) in [7, 11) is 0. The molecule has 5 heteroatoms. The van der Waals surface area contributed by atoms with Crippen LogP contribution in [0.3, 0.4) is 0 Å². The largest absolute Gasteiger partial charge is 0.347 e. The zero-order valence-corrected chi connectivity index (χ0v) is 13.2. The number of thiazole rings is 1. The summed E-state index contributed by atoms with van der Waals surface area (Å²) in [6.07, 6.45) is 6.69. The van der Waals surface area contributed by atoms with Gasteiger partial charge < -0.3 is 14.8 Å². The molecule has 2 aliphatic rings. The Morgan fingerprint density at radius 2 is 2.25 bits per heavy atom. The molecule has 0 amide bonds. The molecule has 2 fully saturated rings. The molecule has 0 radical (unpaired) electrons. The van der Waals surface area contributed by atoms with Gasteiger partial charge in [-0.05, 0) is 25.7 Å². The molecule has 1 aliphatic heterocycles. The molecule has 1 spiro atoms. The topological polar surface area (TPSA) is 43.4 Å². The molecule has 1 aromatic rings. The number of aryl methyl sites for hydroxylation is 1. The minimum atomic E-state index is -0.264. The van der Waals surface area contributed by atoms with Crippen LogP contribution in [0, 0.1) is 12.8 Å². The van der Waals surface area contributed by atoms with Crippen molar-refractivity contribution < 1.29 is 9.47 Å². The number of hydrogen-bond donors (Lipinski definition) is 1. The van der Waals surface area contributed by atoms with Gasteiger partial charge in [-0.1, -0.05) is 6.92 Å². The molecule has 0 aromatic carbocycles. The average Bonchev–Trinajstić information content (AvgIpc) is 3.02. The molecule has 1 aromatic heterocycles. The molecule has 3 rings (SSSR count). The van der Waals surface area contributed by atoms with E-state index >= 15 is 0 Å². The van der Waals surface area contributed by atoms with E-state index < -0.39 is 0 Å². The van der Waals surface area contributed by atoms with Crippen LogP contribution in [0.4, 0.5) is 0 Å². The SMILES string of the molecule is Cc1ncc(CNCC2COC3(CCC(C)CC3)O2)s1. The molecular formula is C15H24N2O2S. The number of aromatic nitrogens is 1. The first-order chi connectivity index (χ1) is 9.65. The van der Waals surface area contributed by atoms with Crippen molar-refractivity contribution in [2.45, 2.75) is 58.0 Å². The molecular weight excluding hydrogens is 272 g/mol. The van der Waals surface area contributed by atoms with Crippen molar-refractivity contribution in [2.75, 3.05) is 13.2 Å². The van der Waals surface area contributed by atoms with Crippen molar-refractivity contribution in [3.63, 3.8) is 0 Å². The van der Waals surface area contributed by atoms with Crippen molar-refractivity contribution in [3.8, 4) is 0 Å². The zero-order chi connectivity index (χ0) is 14.0. The summed E-state index contributed by atoms with van der Waals surface area (Å²) in [5.41, 5.74) is 0. The Kier molecular flexibility index (Phi) is 4.40. The van der Waals surface area contributed by atoms with E-state index in [-0.39, 0.29) is 11.9 Å². The highest BCUT2D eigenvalue weighted by Crippen LogP contribution is 2.39. The fourth-order valence-electron chi connectivity index (χ4n) is 3.02. The van der Waals surface area contributed by atoms with E-state index in [1.165, 1.54) is 17.7 Å². The van der Waals surface area contributed by atoms with E-state index in [0.29, 0.717) is 0 Å². The second-order valence-corrected chi connectivity index (χ2v) is 7.44. The summed E-state index contributed by atoms with van der Waals surface area (Å²) in [6.45, 7) is 6.81. The van der Waals surface area contributed by atoms with E-state index in [2.05, 4.69) is 17.2 Å². The number of rotatable bonds is 4. The maximum Gasteiger partial charge on any atom is 0.168 e. The Balaban J connectivity index is 1.42. The van der Waals surface area contributed by atoms with Crippen LogP contribution in [0.15, 0.2) is 6.20 Å². The fourth-order valence-corrected chi connectivity index (χ4v) is 3.79. The summed E-state index contributed by atoms with van der Waals surface area (Å²) in [6, 6.07) is 0. The zero-order valence-electron chi connectivity index (χ0n) is 12.4. The van der Waals surface area contributed by atoms with Crippen LogP contribution in [0.5, 0.6) is 0 Å². The van der Waals surface area contributed by atoms with Crippen LogP contribution in [-0.4, -0.2) is 30.0 Å². The fraction of sp³-hybridized carbons (Fsp3) is 0.800. The van der Waals surface area contributed by atoms with E-state index in [1.54, 1.807) is 11.3 Å². The summed E-state index contributed by atoms with van der Waals surface area (Å²) >= 11 is 1.75. The van der Waals surface area contributed by atoms with Crippen LogP contribution in [0.25, 0.3) is 0 Å². The van der Waals surface area contributed by atoms with Crippen molar-refractivity contribution >= 4 is 11.3 Å². The van der Waals surface area contributed by atoms with Gasteiger partial charge in [0.1, 0.15) is 0 Å². The quantitative estimate of drug-likeness (QED) is 0.928. The molecule has 1 saturated carbocycles. The first kappa shape index (κ1) is 14.4. The normalized spacial score (nSPS) is 33.9. The number of hydrogen-bond acceptors (Lipinski definition) is 5. The smallest absolute Gasteiger partial charge is 0.168 e. The maximum atomic E-state index is 6.18. The first-order valence-corrected chi connectivity index (χ1v) is 8.41. The van der Waals surface area contributed by atoms with Gasteiger partial charge in [0, 0.05) is 37.0 Å². The molecule has 2 heterocycles. The monoisotopic (exact) mass is 296 g/mol. The highest BCUT2D eigenvalue weighted by Gasteiger charge is 2.43. The minimum Gasteiger partial charge on any atom is -0.347 e. The van der Waals surface area contributed by atoms with Crippen molar-refractivity contribution in [1.82, 2.24) is 10.3 Å². The predicted molar refractivity (Wildman–Crippen MR) is 79.7 cm³/mol. The number of nitrogens with zero attached hydrogens (tertiary/aromatic N) is 1. The van der Waals surface area contributed by atoms with E-state index in [0.717, 1.165) is 43.5 Å². The Bertz CT molecular complexity index is 441. The van der Waals surface area contributed by atoms with E-state index in [1.807, 2.05) is 13.1 Å². The molecule has 4 nitrogen and oxygen atoms in total. The predicted octanol–water partition coefficient (Wildman–Crippen LogP) is 2.86. The van der Waals surface area contributed by atoms with Crippen LogP contribution < -0.4 is 5.32 Å². The van der Waals surface area contributed by atoms with E-state index in [4.69, 9.17) is 9.47 Å². The van der Waals surface area contributed by atoms with Crippen molar-refractivity contribution in [2.24, 2.45) is 5.92 Å². The van der Waals surface area contributed by atoms with Gasteiger partial charge in [0.15, 0.2) is 5.79 Å². The third-order valence-electron chi connectivity index (χ3n) is 4.29. The third kappa shape index (κ3) is 3.39. The Hall–Kier alpha value is -0.490. The maximum absolute atomic E-state index is 6.18. The van der Waals surface area contributed by atoms with Gasteiger partial charge in [0.05, 0.1) is 17.7 Å². The van der Waals surface area contributed by atoms with Crippen molar-refractivity contribution in [1.29, 1.82) is 0 Å². The molecule has 1 unspecified atom stereocenters. The van der Waals surface area contributed by atoms with Gasteiger partial charge in [-0.25, -0.2) is 4.98 Å². The van der Waals surface area contributed by atoms with Gasteiger partial charge in [0.25, 0.3) is 0 Å². The van der Waals surface area contributed by atoms with E-state index in [9.17, 15) is 0 Å². The second-order valence-electron chi connectivity index (χ2n) is 6.12. The summed E-state index contributed by atoms with van der Waals surface area (Å²) < 4.78 is 12.2. The first-order valence-electron chi connectivity index (χ1n) is 7.59. The average molecular weight is 296 g/mol. The van der Waals surface area contributed by atoms with Crippen LogP contribution in [-0.2, 0) is 16.0 Å². The number of nitrogens with one attached hydrogen (secondary N) is 1. The van der Waals surface area contributed by atoms with Crippen molar-refractivity contribution in [3.05, 3.63) is 16.1 Å². The Labute approximate surface area is 124 Å². The summed E-state index contributed by atoms with van der Waals surface area (Å²) in [5, 5.41) is 4.58. The van der Waals surface area contributed by atoms with Gasteiger partial charge in [-0.15, -0.1) is 11.3 Å². The highest BCUT2D eigenvalue weighted by molar-refractivity contribution is 7.11. The van der Waals surface area contributed by atoms with Gasteiger partial charge in [-0.2, -0.15) is 0 Å². The highest BCUT2D eigenvalue weighted by atomic mass is 32.1. The molecule has 20 heavy (non-hydrogen) atoms. The molecule has 0 bridgehead atoms. The lowest BCUT2D eigenvalue weighted by Crippen LogP contribution is -2.37. The van der Waals surface area contributed by atoms with Crippen LogP contribution >= 0.6 is 11.3 Å². The standard InChI is InChI=1S/C15H24N2O2S/c1-11-3-5-15(6-4-11)18-10-13(19-15)7-16-8-14-9-17-12(2)20-14/h9,11,13,16H,3-8,10H2,1-2H3. The summed E-state index contributed by atoms with van der Waals surface area (Å²) in [4.78, 5) is 5.55. The lowest BCUT2D eigenvalue weighted by atomic mass is 9.86. The molecule has 1 saturated heterocycles. The van der Waals surface area contributed by atoms with Crippen LogP contribution in [0.1, 0.15) is 42.5 Å².